The molecule has 2 aromatic carbocycles. The van der Waals surface area contributed by atoms with Crippen LogP contribution in [0.1, 0.15) is 51.9 Å². The first-order valence-electron chi connectivity index (χ1n) is 10.3. The largest absolute Gasteiger partial charge is 0.348 e. The number of hydrogen-bond acceptors (Lipinski definition) is 4. The summed E-state index contributed by atoms with van der Waals surface area (Å²) < 4.78 is 13.0. The highest BCUT2D eigenvalue weighted by Crippen LogP contribution is 2.31. The Kier molecular flexibility index (Phi) is 6.59. The predicted molar refractivity (Wildman–Crippen MR) is 118 cm³/mol. The first-order chi connectivity index (χ1) is 15.0. The number of carbonyl (C=O) groups excluding carboxylic acids is 1. The van der Waals surface area contributed by atoms with E-state index in [4.69, 9.17) is 11.6 Å². The van der Waals surface area contributed by atoms with Crippen LogP contribution in [0.15, 0.2) is 54.7 Å². The van der Waals surface area contributed by atoms with Crippen molar-refractivity contribution in [3.63, 3.8) is 0 Å². The topological polar surface area (TPSA) is 58.1 Å². The molecule has 0 radical (unpaired) electrons. The van der Waals surface area contributed by atoms with Crippen LogP contribution in [0.25, 0.3) is 0 Å². The Bertz CT molecular complexity index is 1070. The van der Waals surface area contributed by atoms with Crippen molar-refractivity contribution in [1.29, 1.82) is 0 Å². The van der Waals surface area contributed by atoms with Gasteiger partial charge in [-0.1, -0.05) is 35.9 Å². The highest BCUT2D eigenvalue weighted by atomic mass is 35.5. The van der Waals surface area contributed by atoms with Crippen molar-refractivity contribution in [2.75, 3.05) is 6.54 Å². The fourth-order valence-electron chi connectivity index (χ4n) is 3.93. The average Bonchev–Trinajstić information content (AvgIpc) is 3.21. The van der Waals surface area contributed by atoms with Crippen molar-refractivity contribution in [3.05, 3.63) is 93.8 Å². The SMILES string of the molecule is Cc1nc(C2CCCN2Cc2cccc(Cl)c2)ncc1C(=O)NCc1ccc(F)cc1. The van der Waals surface area contributed by atoms with E-state index in [9.17, 15) is 9.18 Å². The lowest BCUT2D eigenvalue weighted by atomic mass is 10.1. The zero-order valence-corrected chi connectivity index (χ0v) is 18.1. The normalized spacial score (nSPS) is 16.4. The van der Waals surface area contributed by atoms with Gasteiger partial charge in [0.25, 0.3) is 5.91 Å². The molecule has 1 unspecified atom stereocenters. The molecule has 1 fully saturated rings. The number of halogens is 2. The molecular formula is C24H24ClFN4O. The van der Waals surface area contributed by atoms with Crippen LogP contribution >= 0.6 is 11.6 Å². The van der Waals surface area contributed by atoms with E-state index in [0.717, 1.165) is 47.9 Å². The van der Waals surface area contributed by atoms with Crippen molar-refractivity contribution in [2.45, 2.75) is 38.9 Å². The summed E-state index contributed by atoms with van der Waals surface area (Å²) in [4.78, 5) is 24.1. The molecule has 1 atom stereocenters. The predicted octanol–water partition coefficient (Wildman–Crippen LogP) is 4.84. The second kappa shape index (κ2) is 9.54. The number of aryl methyl sites for hydroxylation is 1. The number of aromatic nitrogens is 2. The van der Waals surface area contributed by atoms with E-state index in [-0.39, 0.29) is 17.8 Å². The third-order valence-corrected chi connectivity index (χ3v) is 5.78. The molecule has 1 N–H and O–H groups in total. The van der Waals surface area contributed by atoms with Gasteiger partial charge in [-0.25, -0.2) is 14.4 Å². The first-order valence-corrected chi connectivity index (χ1v) is 10.7. The Hall–Kier alpha value is -2.83. The molecule has 160 valence electrons. The summed E-state index contributed by atoms with van der Waals surface area (Å²) in [5.74, 6) is 0.203. The van der Waals surface area contributed by atoms with Gasteiger partial charge in [0.15, 0.2) is 0 Å². The van der Waals surface area contributed by atoms with Gasteiger partial charge in [-0.05, 0) is 61.7 Å². The van der Waals surface area contributed by atoms with E-state index in [1.165, 1.54) is 12.1 Å². The van der Waals surface area contributed by atoms with Crippen molar-refractivity contribution in [2.24, 2.45) is 0 Å². The van der Waals surface area contributed by atoms with Crippen LogP contribution in [0.2, 0.25) is 5.02 Å². The third-order valence-electron chi connectivity index (χ3n) is 5.55. The second-order valence-corrected chi connectivity index (χ2v) is 8.23. The standard InChI is InChI=1S/C24H24ClFN4O/c1-16-21(24(31)28-13-17-7-9-20(26)10-8-17)14-27-23(29-16)22-6-3-11-30(22)15-18-4-2-5-19(25)12-18/h2,4-5,7-10,12,14,22H,3,6,11,13,15H2,1H3,(H,28,31). The van der Waals surface area contributed by atoms with Gasteiger partial charge in [0, 0.05) is 24.3 Å². The Morgan fingerprint density at radius 2 is 2.03 bits per heavy atom. The minimum Gasteiger partial charge on any atom is -0.348 e. The lowest BCUT2D eigenvalue weighted by Gasteiger charge is -2.24. The van der Waals surface area contributed by atoms with Crippen molar-refractivity contribution >= 4 is 17.5 Å². The van der Waals surface area contributed by atoms with Crippen molar-refractivity contribution in [1.82, 2.24) is 20.2 Å². The Labute approximate surface area is 186 Å². The van der Waals surface area contributed by atoms with Crippen LogP contribution in [0.4, 0.5) is 4.39 Å². The van der Waals surface area contributed by atoms with Crippen LogP contribution in [-0.4, -0.2) is 27.3 Å². The second-order valence-electron chi connectivity index (χ2n) is 7.79. The van der Waals surface area contributed by atoms with E-state index in [2.05, 4.69) is 26.3 Å². The molecule has 31 heavy (non-hydrogen) atoms. The molecular weight excluding hydrogens is 415 g/mol. The monoisotopic (exact) mass is 438 g/mol. The minimum atomic E-state index is -0.300. The fourth-order valence-corrected chi connectivity index (χ4v) is 4.14. The Balaban J connectivity index is 1.43. The first kappa shape index (κ1) is 21.4. The van der Waals surface area contributed by atoms with Crippen LogP contribution in [0.5, 0.6) is 0 Å². The number of likely N-dealkylation sites (tertiary alicyclic amines) is 1. The molecule has 1 aliphatic rings. The molecule has 0 bridgehead atoms. The Morgan fingerprint density at radius 3 is 2.77 bits per heavy atom. The summed E-state index contributed by atoms with van der Waals surface area (Å²) in [7, 11) is 0. The zero-order chi connectivity index (χ0) is 21.8. The van der Waals surface area contributed by atoms with Gasteiger partial charge in [0.1, 0.15) is 11.6 Å². The number of rotatable bonds is 6. The van der Waals surface area contributed by atoms with Gasteiger partial charge >= 0.3 is 0 Å². The molecule has 1 aliphatic heterocycles. The molecule has 7 heteroatoms. The lowest BCUT2D eigenvalue weighted by molar-refractivity contribution is 0.0949. The van der Waals surface area contributed by atoms with Gasteiger partial charge in [0.05, 0.1) is 17.3 Å². The van der Waals surface area contributed by atoms with Crippen molar-refractivity contribution in [3.8, 4) is 0 Å². The van der Waals surface area contributed by atoms with Gasteiger partial charge in [-0.2, -0.15) is 0 Å². The van der Waals surface area contributed by atoms with Crippen molar-refractivity contribution < 1.29 is 9.18 Å². The lowest BCUT2D eigenvalue weighted by Crippen LogP contribution is -2.27. The van der Waals surface area contributed by atoms with Crippen LogP contribution in [0.3, 0.4) is 0 Å². The Morgan fingerprint density at radius 1 is 1.23 bits per heavy atom. The summed E-state index contributed by atoms with van der Waals surface area (Å²) in [6.45, 7) is 3.90. The maximum Gasteiger partial charge on any atom is 0.254 e. The summed E-state index contributed by atoms with van der Waals surface area (Å²) in [5, 5.41) is 3.58. The molecule has 0 saturated carbocycles. The molecule has 4 rings (SSSR count). The van der Waals surface area contributed by atoms with E-state index in [1.54, 1.807) is 18.3 Å². The highest BCUT2D eigenvalue weighted by Gasteiger charge is 2.29. The van der Waals surface area contributed by atoms with Gasteiger partial charge in [-0.3, -0.25) is 9.69 Å². The number of nitrogens with zero attached hydrogens (tertiary/aromatic N) is 3. The quantitative estimate of drug-likeness (QED) is 0.598. The van der Waals surface area contributed by atoms with Crippen LogP contribution < -0.4 is 5.32 Å². The highest BCUT2D eigenvalue weighted by molar-refractivity contribution is 6.30. The summed E-state index contributed by atoms with van der Waals surface area (Å²) in [6.07, 6.45) is 3.66. The number of carbonyl (C=O) groups is 1. The van der Waals surface area contributed by atoms with E-state index >= 15 is 0 Å². The van der Waals surface area contributed by atoms with Crippen LogP contribution in [-0.2, 0) is 13.1 Å². The maximum atomic E-state index is 13.0. The number of amides is 1. The van der Waals surface area contributed by atoms with E-state index < -0.39 is 0 Å². The fraction of sp³-hybridized carbons (Fsp3) is 0.292. The van der Waals surface area contributed by atoms with E-state index in [0.29, 0.717) is 17.8 Å². The zero-order valence-electron chi connectivity index (χ0n) is 17.3. The van der Waals surface area contributed by atoms with Gasteiger partial charge in [0.2, 0.25) is 0 Å². The molecule has 3 aromatic rings. The number of hydrogen-bond donors (Lipinski definition) is 1. The maximum absolute atomic E-state index is 13.0. The van der Waals surface area contributed by atoms with E-state index in [1.807, 2.05) is 25.1 Å². The molecule has 1 amide bonds. The van der Waals surface area contributed by atoms with Gasteiger partial charge < -0.3 is 5.32 Å². The molecule has 1 aromatic heterocycles. The average molecular weight is 439 g/mol. The summed E-state index contributed by atoms with van der Waals surface area (Å²) in [5.41, 5.74) is 3.09. The van der Waals surface area contributed by atoms with Gasteiger partial charge in [-0.15, -0.1) is 0 Å². The molecule has 0 spiro atoms. The van der Waals surface area contributed by atoms with Crippen LogP contribution in [0, 0.1) is 12.7 Å². The smallest absolute Gasteiger partial charge is 0.254 e. The summed E-state index contributed by atoms with van der Waals surface area (Å²) >= 11 is 6.13. The molecule has 5 nitrogen and oxygen atoms in total. The number of benzene rings is 2. The molecule has 0 aliphatic carbocycles. The minimum absolute atomic E-state index is 0.119. The summed E-state index contributed by atoms with van der Waals surface area (Å²) in [6, 6.07) is 14.1. The molecule has 1 saturated heterocycles. The number of nitrogens with one attached hydrogen (secondary N) is 1. The molecule has 2 heterocycles. The third kappa shape index (κ3) is 5.27.